The Labute approximate surface area is 175 Å². The third kappa shape index (κ3) is 7.32. The van der Waals surface area contributed by atoms with Gasteiger partial charge in [0.25, 0.3) is 0 Å². The third-order valence-electron chi connectivity index (χ3n) is 4.01. The standard InChI is InChI=1S/C12H7F3OS.C9H12N2O2/c13-12(14,15)10-3-1-8(2-4-10)9-5-11(6-16)17-7-9;10-8-3-1-2-7(6-11-8)4-5-9(12)13/h1-7H;1-3,6-7H,4-5,10H2,(H,12,13). The summed E-state index contributed by atoms with van der Waals surface area (Å²) >= 11 is 1.26. The number of rotatable bonds is 5. The van der Waals surface area contributed by atoms with E-state index in [1.54, 1.807) is 29.8 Å². The van der Waals surface area contributed by atoms with Crippen LogP contribution < -0.4 is 5.73 Å². The lowest BCUT2D eigenvalue weighted by molar-refractivity contribution is -0.138. The van der Waals surface area contributed by atoms with Crippen LogP contribution in [0.5, 0.6) is 0 Å². The number of halogens is 3. The first-order valence-corrected chi connectivity index (χ1v) is 9.68. The van der Waals surface area contributed by atoms with Crippen LogP contribution in [0.15, 0.2) is 64.8 Å². The van der Waals surface area contributed by atoms with Crippen molar-refractivity contribution in [3.05, 3.63) is 70.2 Å². The van der Waals surface area contributed by atoms with Gasteiger partial charge in [-0.05, 0) is 47.2 Å². The molecule has 0 fully saturated rings. The van der Waals surface area contributed by atoms with Gasteiger partial charge in [-0.15, -0.1) is 11.3 Å². The Morgan fingerprint density at radius 2 is 1.93 bits per heavy atom. The van der Waals surface area contributed by atoms with E-state index in [1.165, 1.54) is 23.5 Å². The number of benzene rings is 1. The molecule has 1 aliphatic rings. The quantitative estimate of drug-likeness (QED) is 0.634. The average molecular weight is 436 g/mol. The van der Waals surface area contributed by atoms with Crippen molar-refractivity contribution in [3.63, 3.8) is 0 Å². The van der Waals surface area contributed by atoms with E-state index < -0.39 is 17.7 Å². The predicted molar refractivity (Wildman–Crippen MR) is 110 cm³/mol. The Hall–Kier alpha value is -3.20. The lowest BCUT2D eigenvalue weighted by Crippen LogP contribution is -2.03. The van der Waals surface area contributed by atoms with E-state index in [0.717, 1.165) is 24.0 Å². The zero-order chi connectivity index (χ0) is 22.1. The molecular weight excluding hydrogens is 417 g/mol. The highest BCUT2D eigenvalue weighted by Gasteiger charge is 2.29. The van der Waals surface area contributed by atoms with Crippen LogP contribution in [0.4, 0.5) is 13.2 Å². The van der Waals surface area contributed by atoms with Crippen LogP contribution >= 0.6 is 11.3 Å². The normalized spacial score (nSPS) is 15.6. The number of nitrogens with zero attached hydrogens (tertiary/aromatic N) is 1. The number of allylic oxidation sites excluding steroid dienone is 3. The van der Waals surface area contributed by atoms with Crippen LogP contribution in [-0.4, -0.2) is 23.6 Å². The minimum absolute atomic E-state index is 0.0772. The molecule has 0 saturated heterocycles. The first-order chi connectivity index (χ1) is 14.2. The number of hydrogen-bond acceptors (Lipinski definition) is 5. The molecule has 0 amide bonds. The molecule has 0 bridgehead atoms. The summed E-state index contributed by atoms with van der Waals surface area (Å²) in [5, 5.41) is 10.2. The van der Waals surface area contributed by atoms with Crippen LogP contribution in [0.25, 0.3) is 11.1 Å². The van der Waals surface area contributed by atoms with E-state index in [-0.39, 0.29) is 12.3 Å². The second-order valence-corrected chi connectivity index (χ2v) is 7.22. The summed E-state index contributed by atoms with van der Waals surface area (Å²) in [6, 6.07) is 6.53. The van der Waals surface area contributed by atoms with Gasteiger partial charge in [0.15, 0.2) is 6.29 Å². The maximum Gasteiger partial charge on any atom is 0.416 e. The molecule has 0 spiro atoms. The number of thiophene rings is 1. The minimum atomic E-state index is -4.32. The van der Waals surface area contributed by atoms with Crippen molar-refractivity contribution in [2.75, 3.05) is 0 Å². The Morgan fingerprint density at radius 1 is 1.23 bits per heavy atom. The second-order valence-electron chi connectivity index (χ2n) is 6.28. The molecule has 0 saturated carbocycles. The number of aliphatic imine (C=N–C) groups is 1. The van der Waals surface area contributed by atoms with Crippen molar-refractivity contribution in [2.24, 2.45) is 16.6 Å². The Bertz CT molecular complexity index is 961. The molecule has 0 radical (unpaired) electrons. The Balaban J connectivity index is 0.000000222. The summed E-state index contributed by atoms with van der Waals surface area (Å²) in [6.45, 7) is 0. The summed E-state index contributed by atoms with van der Waals surface area (Å²) in [5.41, 5.74) is 6.20. The lowest BCUT2D eigenvalue weighted by atomic mass is 10.0. The van der Waals surface area contributed by atoms with Crippen LogP contribution in [0.3, 0.4) is 0 Å². The van der Waals surface area contributed by atoms with Gasteiger partial charge in [0, 0.05) is 18.6 Å². The molecule has 1 aromatic heterocycles. The number of carboxylic acid groups (broad SMARTS) is 1. The molecule has 3 rings (SSSR count). The lowest BCUT2D eigenvalue weighted by Gasteiger charge is -2.06. The minimum Gasteiger partial charge on any atom is -0.481 e. The number of carboxylic acids is 1. The van der Waals surface area contributed by atoms with Gasteiger partial charge in [-0.25, -0.2) is 4.99 Å². The van der Waals surface area contributed by atoms with Gasteiger partial charge in [0.05, 0.1) is 10.4 Å². The number of carbonyl (C=O) groups excluding carboxylic acids is 1. The van der Waals surface area contributed by atoms with E-state index in [0.29, 0.717) is 22.7 Å². The summed E-state index contributed by atoms with van der Waals surface area (Å²) in [7, 11) is 0. The molecule has 2 heterocycles. The topological polar surface area (TPSA) is 92.8 Å². The molecule has 1 aliphatic heterocycles. The second kappa shape index (κ2) is 10.5. The molecule has 2 aromatic rings. The van der Waals surface area contributed by atoms with E-state index in [9.17, 15) is 22.8 Å². The maximum atomic E-state index is 12.3. The van der Waals surface area contributed by atoms with E-state index in [1.807, 2.05) is 6.08 Å². The maximum absolute atomic E-state index is 12.3. The highest BCUT2D eigenvalue weighted by atomic mass is 32.1. The van der Waals surface area contributed by atoms with Gasteiger partial charge in [-0.2, -0.15) is 13.2 Å². The fraction of sp³-hybridized carbons (Fsp3) is 0.190. The smallest absolute Gasteiger partial charge is 0.416 e. The van der Waals surface area contributed by atoms with Gasteiger partial charge >= 0.3 is 12.1 Å². The summed E-state index contributed by atoms with van der Waals surface area (Å²) in [5.74, 6) is -0.255. The molecule has 0 aliphatic carbocycles. The van der Waals surface area contributed by atoms with Gasteiger partial charge in [0.1, 0.15) is 5.82 Å². The molecule has 1 aromatic carbocycles. The van der Waals surface area contributed by atoms with E-state index in [2.05, 4.69) is 4.99 Å². The van der Waals surface area contributed by atoms with E-state index >= 15 is 0 Å². The van der Waals surface area contributed by atoms with Crippen molar-refractivity contribution in [1.29, 1.82) is 0 Å². The molecule has 30 heavy (non-hydrogen) atoms. The third-order valence-corrected chi connectivity index (χ3v) is 4.87. The zero-order valence-corrected chi connectivity index (χ0v) is 16.5. The Kier molecular flexibility index (Phi) is 8.11. The highest BCUT2D eigenvalue weighted by Crippen LogP contribution is 2.31. The molecule has 1 unspecified atom stereocenters. The number of aliphatic carboxylic acids is 1. The fourth-order valence-electron chi connectivity index (χ4n) is 2.45. The van der Waals surface area contributed by atoms with Crippen molar-refractivity contribution >= 4 is 29.8 Å². The molecule has 158 valence electrons. The molecular formula is C21H19F3N2O3S. The van der Waals surface area contributed by atoms with Crippen LogP contribution in [0, 0.1) is 5.92 Å². The number of alkyl halides is 3. The van der Waals surface area contributed by atoms with Gasteiger partial charge in [-0.1, -0.05) is 24.3 Å². The summed E-state index contributed by atoms with van der Waals surface area (Å²) in [4.78, 5) is 25.3. The van der Waals surface area contributed by atoms with Crippen molar-refractivity contribution in [3.8, 4) is 11.1 Å². The summed E-state index contributed by atoms with van der Waals surface area (Å²) in [6.07, 6.45) is 4.19. The highest BCUT2D eigenvalue weighted by molar-refractivity contribution is 7.12. The largest absolute Gasteiger partial charge is 0.481 e. The van der Waals surface area contributed by atoms with Crippen LogP contribution in [0.1, 0.15) is 28.1 Å². The van der Waals surface area contributed by atoms with Crippen molar-refractivity contribution < 1.29 is 27.9 Å². The SMILES string of the molecule is NC1=CC=CC(CCC(=O)O)C=N1.O=Cc1cc(-c2ccc(C(F)(F)F)cc2)cs1. The van der Waals surface area contributed by atoms with Crippen molar-refractivity contribution in [2.45, 2.75) is 19.0 Å². The molecule has 1 atom stereocenters. The van der Waals surface area contributed by atoms with Crippen LogP contribution in [-0.2, 0) is 11.0 Å². The first kappa shape index (κ1) is 23.1. The van der Waals surface area contributed by atoms with Gasteiger partial charge in [-0.3, -0.25) is 9.59 Å². The van der Waals surface area contributed by atoms with Crippen molar-refractivity contribution in [1.82, 2.24) is 0 Å². The number of hydrogen-bond donors (Lipinski definition) is 2. The number of carbonyl (C=O) groups is 2. The zero-order valence-electron chi connectivity index (χ0n) is 15.7. The number of aldehydes is 1. The monoisotopic (exact) mass is 436 g/mol. The summed E-state index contributed by atoms with van der Waals surface area (Å²) < 4.78 is 37.0. The fourth-order valence-corrected chi connectivity index (χ4v) is 3.17. The molecule has 3 N–H and O–H groups in total. The number of nitrogens with two attached hydrogens (primary N) is 1. The average Bonchev–Trinajstić information content (AvgIpc) is 3.09. The van der Waals surface area contributed by atoms with Gasteiger partial charge in [0.2, 0.25) is 0 Å². The van der Waals surface area contributed by atoms with Gasteiger partial charge < -0.3 is 10.8 Å². The predicted octanol–water partition coefficient (Wildman–Crippen LogP) is 5.15. The molecule has 5 nitrogen and oxygen atoms in total. The molecule has 9 heteroatoms. The van der Waals surface area contributed by atoms with Crippen LogP contribution in [0.2, 0.25) is 0 Å². The first-order valence-electron chi connectivity index (χ1n) is 8.80. The van der Waals surface area contributed by atoms with E-state index in [4.69, 9.17) is 10.8 Å². The Morgan fingerprint density at radius 3 is 2.50 bits per heavy atom.